The van der Waals surface area contributed by atoms with Crippen LogP contribution >= 0.6 is 12.4 Å². The van der Waals surface area contributed by atoms with E-state index >= 15 is 0 Å². The molecular weight excluding hydrogens is 302 g/mol. The Hall–Kier alpha value is -0.810. The van der Waals surface area contributed by atoms with E-state index in [9.17, 15) is 9.59 Å². The Bertz CT molecular complexity index is 372. The van der Waals surface area contributed by atoms with Gasteiger partial charge in [0.2, 0.25) is 11.8 Å². The van der Waals surface area contributed by atoms with Crippen molar-refractivity contribution in [2.45, 2.75) is 64.0 Å². The second-order valence-corrected chi connectivity index (χ2v) is 6.48. The molecule has 2 aliphatic rings. The number of hydrogen-bond donors (Lipinski definition) is 2. The minimum atomic E-state index is -0.407. The molecule has 1 heterocycles. The molecule has 22 heavy (non-hydrogen) atoms. The highest BCUT2D eigenvalue weighted by Crippen LogP contribution is 2.23. The summed E-state index contributed by atoms with van der Waals surface area (Å²) in [5, 5.41) is 6.17. The normalized spacial score (nSPS) is 24.3. The van der Waals surface area contributed by atoms with Gasteiger partial charge in [0.15, 0.2) is 0 Å². The molecule has 2 N–H and O–H groups in total. The number of nitrogens with one attached hydrogen (secondary N) is 2. The summed E-state index contributed by atoms with van der Waals surface area (Å²) < 4.78 is 0. The van der Waals surface area contributed by atoms with Crippen LogP contribution in [-0.2, 0) is 9.59 Å². The first-order valence-electron chi connectivity index (χ1n) is 8.38. The van der Waals surface area contributed by atoms with E-state index in [2.05, 4.69) is 10.6 Å². The summed E-state index contributed by atoms with van der Waals surface area (Å²) in [5.41, 5.74) is 0. The third kappa shape index (κ3) is 5.13. The van der Waals surface area contributed by atoms with Crippen molar-refractivity contribution in [2.24, 2.45) is 5.92 Å². The zero-order valence-corrected chi connectivity index (χ0v) is 14.6. The lowest BCUT2D eigenvalue weighted by Gasteiger charge is -2.34. The number of carbonyl (C=O) groups is 2. The first-order chi connectivity index (χ1) is 10.1. The molecule has 2 atom stereocenters. The standard InChI is InChI=1S/C16H29N3O2.ClH/c1-12(18-15(20)13-7-4-3-5-8-13)16(21)19-10-6-9-14(11-19)17-2;/h12-14,17H,3-11H2,1-2H3,(H,18,20);1H/t12-,14?;/m0./s1. The number of likely N-dealkylation sites (N-methyl/N-ethyl adjacent to an activating group) is 1. The van der Waals surface area contributed by atoms with E-state index < -0.39 is 6.04 Å². The zero-order valence-electron chi connectivity index (χ0n) is 13.8. The summed E-state index contributed by atoms with van der Waals surface area (Å²) in [5.74, 6) is 0.234. The third-order valence-corrected chi connectivity index (χ3v) is 4.85. The van der Waals surface area contributed by atoms with E-state index in [0.717, 1.165) is 51.6 Å². The van der Waals surface area contributed by atoms with Gasteiger partial charge in [0, 0.05) is 25.0 Å². The van der Waals surface area contributed by atoms with Crippen LogP contribution in [0.5, 0.6) is 0 Å². The molecule has 2 amide bonds. The molecule has 0 aromatic carbocycles. The van der Waals surface area contributed by atoms with E-state index in [1.165, 1.54) is 6.42 Å². The van der Waals surface area contributed by atoms with Crippen LogP contribution in [0.15, 0.2) is 0 Å². The maximum Gasteiger partial charge on any atom is 0.244 e. The number of likely N-dealkylation sites (tertiary alicyclic amines) is 1. The molecule has 2 fully saturated rings. The number of piperidine rings is 1. The molecule has 1 aliphatic heterocycles. The Kier molecular flexibility index (Phi) is 8.18. The zero-order chi connectivity index (χ0) is 15.2. The van der Waals surface area contributed by atoms with Gasteiger partial charge in [0.05, 0.1) is 0 Å². The van der Waals surface area contributed by atoms with Crippen molar-refractivity contribution in [1.29, 1.82) is 0 Å². The second-order valence-electron chi connectivity index (χ2n) is 6.48. The number of carbonyl (C=O) groups excluding carboxylic acids is 2. The Balaban J connectivity index is 0.00000242. The van der Waals surface area contributed by atoms with Crippen molar-refractivity contribution in [3.63, 3.8) is 0 Å². The minimum Gasteiger partial charge on any atom is -0.344 e. The monoisotopic (exact) mass is 331 g/mol. The summed E-state index contributed by atoms with van der Waals surface area (Å²) in [4.78, 5) is 26.6. The van der Waals surface area contributed by atoms with Crippen LogP contribution in [0.3, 0.4) is 0 Å². The van der Waals surface area contributed by atoms with Crippen molar-refractivity contribution in [1.82, 2.24) is 15.5 Å². The van der Waals surface area contributed by atoms with Crippen LogP contribution in [0.1, 0.15) is 51.9 Å². The van der Waals surface area contributed by atoms with Gasteiger partial charge in [-0.05, 0) is 39.7 Å². The van der Waals surface area contributed by atoms with Gasteiger partial charge in [-0.25, -0.2) is 0 Å². The Labute approximate surface area is 140 Å². The molecule has 1 saturated carbocycles. The summed E-state index contributed by atoms with van der Waals surface area (Å²) >= 11 is 0. The summed E-state index contributed by atoms with van der Waals surface area (Å²) in [6, 6.07) is -0.0287. The fourth-order valence-corrected chi connectivity index (χ4v) is 3.44. The van der Waals surface area contributed by atoms with Gasteiger partial charge in [0.1, 0.15) is 6.04 Å². The lowest BCUT2D eigenvalue weighted by Crippen LogP contribution is -2.53. The smallest absolute Gasteiger partial charge is 0.244 e. The molecule has 6 heteroatoms. The quantitative estimate of drug-likeness (QED) is 0.824. The number of nitrogens with zero attached hydrogens (tertiary/aromatic N) is 1. The minimum absolute atomic E-state index is 0. The number of amides is 2. The fourth-order valence-electron chi connectivity index (χ4n) is 3.44. The maximum atomic E-state index is 12.5. The van der Waals surface area contributed by atoms with Gasteiger partial charge in [-0.15, -0.1) is 12.4 Å². The predicted octanol–water partition coefficient (Wildman–Crippen LogP) is 1.70. The van der Waals surface area contributed by atoms with Crippen molar-refractivity contribution in [3.8, 4) is 0 Å². The molecule has 0 bridgehead atoms. The van der Waals surface area contributed by atoms with Crippen LogP contribution in [0, 0.1) is 5.92 Å². The molecule has 2 rings (SSSR count). The van der Waals surface area contributed by atoms with Crippen molar-refractivity contribution in [2.75, 3.05) is 20.1 Å². The fraction of sp³-hybridized carbons (Fsp3) is 0.875. The molecule has 0 aromatic rings. The van der Waals surface area contributed by atoms with E-state index in [1.807, 2.05) is 18.9 Å². The molecule has 0 spiro atoms. The van der Waals surface area contributed by atoms with Gasteiger partial charge in [-0.1, -0.05) is 19.3 Å². The van der Waals surface area contributed by atoms with Crippen LogP contribution < -0.4 is 10.6 Å². The van der Waals surface area contributed by atoms with Crippen molar-refractivity contribution >= 4 is 24.2 Å². The third-order valence-electron chi connectivity index (χ3n) is 4.85. The SMILES string of the molecule is CNC1CCCN(C(=O)[C@H](C)NC(=O)C2CCCCC2)C1.Cl. The van der Waals surface area contributed by atoms with Crippen LogP contribution in [0.4, 0.5) is 0 Å². The van der Waals surface area contributed by atoms with Gasteiger partial charge >= 0.3 is 0 Å². The molecular formula is C16H30ClN3O2. The molecule has 0 aromatic heterocycles. The largest absolute Gasteiger partial charge is 0.344 e. The van der Waals surface area contributed by atoms with Gasteiger partial charge in [0.25, 0.3) is 0 Å². The molecule has 128 valence electrons. The maximum absolute atomic E-state index is 12.5. The lowest BCUT2D eigenvalue weighted by atomic mass is 9.88. The Morgan fingerprint density at radius 3 is 2.41 bits per heavy atom. The molecule has 1 aliphatic carbocycles. The lowest BCUT2D eigenvalue weighted by molar-refractivity contribution is -0.138. The Morgan fingerprint density at radius 2 is 1.77 bits per heavy atom. The van der Waals surface area contributed by atoms with Crippen LogP contribution in [0.2, 0.25) is 0 Å². The molecule has 1 unspecified atom stereocenters. The van der Waals surface area contributed by atoms with Crippen LogP contribution in [0.25, 0.3) is 0 Å². The number of halogens is 1. The topological polar surface area (TPSA) is 61.4 Å². The summed E-state index contributed by atoms with van der Waals surface area (Å²) in [6.07, 6.45) is 7.59. The van der Waals surface area contributed by atoms with E-state index in [0.29, 0.717) is 6.04 Å². The highest BCUT2D eigenvalue weighted by Gasteiger charge is 2.29. The number of hydrogen-bond acceptors (Lipinski definition) is 3. The molecule has 0 radical (unpaired) electrons. The van der Waals surface area contributed by atoms with Crippen LogP contribution in [-0.4, -0.2) is 48.9 Å². The van der Waals surface area contributed by atoms with E-state index in [1.54, 1.807) is 0 Å². The Morgan fingerprint density at radius 1 is 1.09 bits per heavy atom. The van der Waals surface area contributed by atoms with Gasteiger partial charge in [-0.3, -0.25) is 9.59 Å². The molecule has 1 saturated heterocycles. The first kappa shape index (κ1) is 19.2. The summed E-state index contributed by atoms with van der Waals surface area (Å²) in [7, 11) is 1.94. The second kappa shape index (κ2) is 9.36. The van der Waals surface area contributed by atoms with Crippen molar-refractivity contribution in [3.05, 3.63) is 0 Å². The summed E-state index contributed by atoms with van der Waals surface area (Å²) in [6.45, 7) is 3.37. The van der Waals surface area contributed by atoms with Gasteiger partial charge < -0.3 is 15.5 Å². The van der Waals surface area contributed by atoms with E-state index in [-0.39, 0.29) is 30.1 Å². The first-order valence-corrected chi connectivity index (χ1v) is 8.38. The average Bonchev–Trinajstić information content (AvgIpc) is 2.54. The van der Waals surface area contributed by atoms with Gasteiger partial charge in [-0.2, -0.15) is 0 Å². The van der Waals surface area contributed by atoms with Crippen molar-refractivity contribution < 1.29 is 9.59 Å². The van der Waals surface area contributed by atoms with E-state index in [4.69, 9.17) is 0 Å². The highest BCUT2D eigenvalue weighted by atomic mass is 35.5. The highest BCUT2D eigenvalue weighted by molar-refractivity contribution is 5.88. The molecule has 5 nitrogen and oxygen atoms in total. The number of rotatable bonds is 4. The predicted molar refractivity (Wildman–Crippen MR) is 90.1 cm³/mol. The average molecular weight is 332 g/mol.